The standard InChI is InChI=1S/C20H31NO2/c1-19-10-7-16-14(15(19)5-3-13(19)9-12-22)4-6-17-20(16,2)11-8-18(23)21-17/h8,11,13-17,22H,3-7,9-10,12H2,1-2H3,(H,21,23)/t13-,14?,15?,16?,17?,19?,20?/m1/s1. The molecule has 7 atom stereocenters. The Balaban J connectivity index is 1.63. The van der Waals surface area contributed by atoms with E-state index in [0.29, 0.717) is 29.9 Å². The molecule has 0 radical (unpaired) electrons. The number of carbonyl (C=O) groups is 1. The molecule has 3 heteroatoms. The zero-order valence-electron chi connectivity index (χ0n) is 14.6. The predicted molar refractivity (Wildman–Crippen MR) is 90.6 cm³/mol. The number of fused-ring (bicyclic) bond motifs is 5. The maximum Gasteiger partial charge on any atom is 0.243 e. The fourth-order valence-corrected chi connectivity index (χ4v) is 7.07. The number of carbonyl (C=O) groups excluding carboxylic acids is 1. The molecule has 1 amide bonds. The van der Waals surface area contributed by atoms with Crippen molar-refractivity contribution in [3.63, 3.8) is 0 Å². The summed E-state index contributed by atoms with van der Waals surface area (Å²) in [6.45, 7) is 5.23. The molecule has 128 valence electrons. The van der Waals surface area contributed by atoms with Gasteiger partial charge in [-0.3, -0.25) is 4.79 Å². The molecule has 6 unspecified atom stereocenters. The first-order chi connectivity index (χ1) is 11.0. The van der Waals surface area contributed by atoms with Crippen molar-refractivity contribution >= 4 is 5.91 Å². The number of hydrogen-bond donors (Lipinski definition) is 2. The zero-order chi connectivity index (χ0) is 16.2. The van der Waals surface area contributed by atoms with E-state index in [1.165, 1.54) is 32.1 Å². The summed E-state index contributed by atoms with van der Waals surface area (Å²) in [4.78, 5) is 11.7. The average Bonchev–Trinajstić information content (AvgIpc) is 2.85. The van der Waals surface area contributed by atoms with Crippen LogP contribution in [0.15, 0.2) is 12.2 Å². The average molecular weight is 317 g/mol. The van der Waals surface area contributed by atoms with Gasteiger partial charge in [-0.25, -0.2) is 0 Å². The molecule has 1 aliphatic heterocycles. The normalized spacial score (nSPS) is 51.6. The maximum atomic E-state index is 11.7. The van der Waals surface area contributed by atoms with Crippen LogP contribution in [-0.4, -0.2) is 23.7 Å². The van der Waals surface area contributed by atoms with Crippen molar-refractivity contribution in [1.29, 1.82) is 0 Å². The van der Waals surface area contributed by atoms with Gasteiger partial charge in [0.2, 0.25) is 5.91 Å². The Morgan fingerprint density at radius 1 is 1.17 bits per heavy atom. The third-order valence-electron chi connectivity index (χ3n) is 8.36. The molecule has 4 aliphatic rings. The molecule has 0 spiro atoms. The van der Waals surface area contributed by atoms with Gasteiger partial charge in [-0.05, 0) is 80.1 Å². The minimum atomic E-state index is 0.0930. The van der Waals surface area contributed by atoms with Gasteiger partial charge < -0.3 is 10.4 Å². The van der Waals surface area contributed by atoms with Crippen molar-refractivity contribution in [2.24, 2.45) is 34.5 Å². The van der Waals surface area contributed by atoms with Crippen LogP contribution < -0.4 is 5.32 Å². The number of aliphatic hydroxyl groups is 1. The SMILES string of the molecule is CC12C=CC(=O)NC1CCC1C2CCC2(C)C1CC[C@@H]2CCO. The summed E-state index contributed by atoms with van der Waals surface area (Å²) < 4.78 is 0. The lowest BCUT2D eigenvalue weighted by molar-refractivity contribution is -0.122. The minimum absolute atomic E-state index is 0.0930. The van der Waals surface area contributed by atoms with Crippen LogP contribution in [0.5, 0.6) is 0 Å². The predicted octanol–water partition coefficient (Wildman–Crippen LogP) is 3.28. The van der Waals surface area contributed by atoms with Crippen molar-refractivity contribution in [2.75, 3.05) is 6.61 Å². The van der Waals surface area contributed by atoms with Crippen LogP contribution in [0.3, 0.4) is 0 Å². The van der Waals surface area contributed by atoms with E-state index < -0.39 is 0 Å². The number of aliphatic hydroxyl groups excluding tert-OH is 1. The Kier molecular flexibility index (Phi) is 3.64. The van der Waals surface area contributed by atoms with Crippen LogP contribution in [-0.2, 0) is 4.79 Å². The van der Waals surface area contributed by atoms with Crippen LogP contribution in [0.2, 0.25) is 0 Å². The quantitative estimate of drug-likeness (QED) is 0.821. The molecular weight excluding hydrogens is 286 g/mol. The van der Waals surface area contributed by atoms with Gasteiger partial charge in [0.25, 0.3) is 0 Å². The van der Waals surface area contributed by atoms with Gasteiger partial charge in [0.05, 0.1) is 0 Å². The first kappa shape index (κ1) is 15.7. The molecule has 0 bridgehead atoms. The Hall–Kier alpha value is -0.830. The molecule has 0 aromatic rings. The minimum Gasteiger partial charge on any atom is -0.396 e. The fourth-order valence-electron chi connectivity index (χ4n) is 7.07. The smallest absolute Gasteiger partial charge is 0.243 e. The van der Waals surface area contributed by atoms with Crippen LogP contribution in [0.4, 0.5) is 0 Å². The lowest BCUT2D eigenvalue weighted by Gasteiger charge is -2.59. The van der Waals surface area contributed by atoms with Crippen molar-refractivity contribution in [2.45, 2.75) is 64.8 Å². The molecule has 0 aromatic carbocycles. The molecule has 23 heavy (non-hydrogen) atoms. The Morgan fingerprint density at radius 3 is 2.78 bits per heavy atom. The van der Waals surface area contributed by atoms with E-state index in [0.717, 1.165) is 24.7 Å². The largest absolute Gasteiger partial charge is 0.396 e. The second-order valence-electron chi connectivity index (χ2n) is 9.05. The highest BCUT2D eigenvalue weighted by Crippen LogP contribution is 2.65. The molecule has 0 saturated heterocycles. The van der Waals surface area contributed by atoms with Crippen LogP contribution >= 0.6 is 0 Å². The van der Waals surface area contributed by atoms with E-state index in [1.54, 1.807) is 6.08 Å². The van der Waals surface area contributed by atoms with Crippen molar-refractivity contribution in [3.05, 3.63) is 12.2 Å². The van der Waals surface area contributed by atoms with E-state index in [1.807, 2.05) is 0 Å². The van der Waals surface area contributed by atoms with Gasteiger partial charge in [-0.2, -0.15) is 0 Å². The zero-order valence-corrected chi connectivity index (χ0v) is 14.6. The first-order valence-corrected chi connectivity index (χ1v) is 9.59. The van der Waals surface area contributed by atoms with E-state index in [2.05, 4.69) is 25.2 Å². The van der Waals surface area contributed by atoms with Crippen LogP contribution in [0.1, 0.15) is 58.8 Å². The molecular formula is C20H31NO2. The van der Waals surface area contributed by atoms with Gasteiger partial charge in [-0.1, -0.05) is 19.9 Å². The van der Waals surface area contributed by atoms with Gasteiger partial charge in [-0.15, -0.1) is 0 Å². The number of rotatable bonds is 2. The molecule has 2 N–H and O–H groups in total. The monoisotopic (exact) mass is 317 g/mol. The van der Waals surface area contributed by atoms with Gasteiger partial charge >= 0.3 is 0 Å². The van der Waals surface area contributed by atoms with E-state index >= 15 is 0 Å². The molecule has 3 aliphatic carbocycles. The summed E-state index contributed by atoms with van der Waals surface area (Å²) in [5.41, 5.74) is 0.585. The maximum absolute atomic E-state index is 11.7. The highest BCUT2D eigenvalue weighted by atomic mass is 16.3. The Morgan fingerprint density at radius 2 is 2.00 bits per heavy atom. The summed E-state index contributed by atoms with van der Waals surface area (Å²) >= 11 is 0. The lowest BCUT2D eigenvalue weighted by Crippen LogP contribution is -2.59. The summed E-state index contributed by atoms with van der Waals surface area (Å²) in [5.74, 6) is 3.14. The van der Waals surface area contributed by atoms with Crippen molar-refractivity contribution in [1.82, 2.24) is 5.32 Å². The molecule has 3 saturated carbocycles. The van der Waals surface area contributed by atoms with Crippen molar-refractivity contribution in [3.8, 4) is 0 Å². The third kappa shape index (κ3) is 2.15. The van der Waals surface area contributed by atoms with E-state index in [4.69, 9.17) is 0 Å². The highest BCUT2D eigenvalue weighted by Gasteiger charge is 2.59. The third-order valence-corrected chi connectivity index (χ3v) is 8.36. The highest BCUT2D eigenvalue weighted by molar-refractivity contribution is 5.89. The molecule has 0 aromatic heterocycles. The van der Waals surface area contributed by atoms with Gasteiger partial charge in [0, 0.05) is 18.1 Å². The second-order valence-corrected chi connectivity index (χ2v) is 9.05. The van der Waals surface area contributed by atoms with Gasteiger partial charge in [0.15, 0.2) is 0 Å². The Bertz CT molecular complexity index is 530. The number of hydrogen-bond acceptors (Lipinski definition) is 2. The summed E-state index contributed by atoms with van der Waals surface area (Å²) in [5, 5.41) is 12.7. The molecule has 3 fully saturated rings. The summed E-state index contributed by atoms with van der Waals surface area (Å²) in [7, 11) is 0. The van der Waals surface area contributed by atoms with E-state index in [-0.39, 0.29) is 11.3 Å². The lowest BCUT2D eigenvalue weighted by atomic mass is 9.48. The number of amides is 1. The van der Waals surface area contributed by atoms with E-state index in [9.17, 15) is 9.90 Å². The van der Waals surface area contributed by atoms with Crippen molar-refractivity contribution < 1.29 is 9.90 Å². The van der Waals surface area contributed by atoms with Gasteiger partial charge in [0.1, 0.15) is 0 Å². The molecule has 3 nitrogen and oxygen atoms in total. The summed E-state index contributed by atoms with van der Waals surface area (Å²) in [6.07, 6.45) is 12.6. The second kappa shape index (κ2) is 5.34. The molecule has 1 heterocycles. The summed E-state index contributed by atoms with van der Waals surface area (Å²) in [6, 6.07) is 0.334. The fraction of sp³-hybridized carbons (Fsp3) is 0.850. The topological polar surface area (TPSA) is 49.3 Å². The van der Waals surface area contributed by atoms with Crippen LogP contribution in [0.25, 0.3) is 0 Å². The van der Waals surface area contributed by atoms with Crippen LogP contribution in [0, 0.1) is 34.5 Å². The Labute approximate surface area is 139 Å². The first-order valence-electron chi connectivity index (χ1n) is 9.59. The molecule has 4 rings (SSSR count). The number of nitrogens with one attached hydrogen (secondary N) is 1.